The fourth-order valence-corrected chi connectivity index (χ4v) is 1.50. The molecule has 3 heterocycles. The van der Waals surface area contributed by atoms with E-state index >= 15 is 0 Å². The van der Waals surface area contributed by atoms with Gasteiger partial charge >= 0.3 is 0 Å². The molecule has 54 valence electrons. The number of amides is 1. The third-order valence-electron chi connectivity index (χ3n) is 1.88. The Kier molecular flexibility index (Phi) is 1.22. The Labute approximate surface area is 63.9 Å². The standard InChI is InChI=1S/C6H7ClN2O/c7-9-6(10)5-1-3-8(9)4-2-5/h1H,2-4H2. The molecular weight excluding hydrogens is 152 g/mol. The number of hydrogen-bond donors (Lipinski definition) is 0. The van der Waals surface area contributed by atoms with Gasteiger partial charge in [-0.05, 0) is 6.42 Å². The number of carbonyl (C=O) groups is 1. The van der Waals surface area contributed by atoms with Gasteiger partial charge in [0.05, 0.1) is 0 Å². The van der Waals surface area contributed by atoms with Gasteiger partial charge in [-0.3, -0.25) is 4.79 Å². The summed E-state index contributed by atoms with van der Waals surface area (Å²) < 4.78 is 1.18. The van der Waals surface area contributed by atoms with Crippen molar-refractivity contribution in [2.75, 3.05) is 13.1 Å². The summed E-state index contributed by atoms with van der Waals surface area (Å²) in [5, 5.41) is 1.82. The first-order valence-electron chi connectivity index (χ1n) is 3.23. The molecule has 10 heavy (non-hydrogen) atoms. The lowest BCUT2D eigenvalue weighted by atomic mass is 10.1. The van der Waals surface area contributed by atoms with Crippen molar-refractivity contribution in [2.24, 2.45) is 0 Å². The van der Waals surface area contributed by atoms with Crippen LogP contribution in [0, 0.1) is 0 Å². The van der Waals surface area contributed by atoms with Crippen LogP contribution in [0.4, 0.5) is 0 Å². The molecule has 0 aliphatic carbocycles. The number of halogens is 1. The Morgan fingerprint density at radius 1 is 1.60 bits per heavy atom. The summed E-state index contributed by atoms with van der Waals surface area (Å²) in [7, 11) is 0. The minimum Gasteiger partial charge on any atom is -0.267 e. The largest absolute Gasteiger partial charge is 0.278 e. The van der Waals surface area contributed by atoms with E-state index in [4.69, 9.17) is 11.8 Å². The van der Waals surface area contributed by atoms with Gasteiger partial charge in [-0.2, -0.15) is 9.54 Å². The lowest BCUT2D eigenvalue weighted by Gasteiger charge is -2.37. The molecule has 0 N–H and O–H groups in total. The van der Waals surface area contributed by atoms with Gasteiger partial charge in [-0.25, -0.2) is 0 Å². The molecule has 0 saturated carbocycles. The summed E-state index contributed by atoms with van der Waals surface area (Å²) in [4.78, 5) is 11.1. The normalized spacial score (nSPS) is 30.9. The molecular formula is C6H7ClN2O. The Bertz CT molecular complexity index is 214. The topological polar surface area (TPSA) is 23.6 Å². The summed E-state index contributed by atoms with van der Waals surface area (Å²) in [5.74, 6) is -0.0563. The number of nitrogens with zero attached hydrogens (tertiary/aromatic N) is 2. The maximum Gasteiger partial charge on any atom is 0.278 e. The maximum atomic E-state index is 11.1. The minimum atomic E-state index is -0.0563. The van der Waals surface area contributed by atoms with Crippen molar-refractivity contribution in [1.82, 2.24) is 9.54 Å². The van der Waals surface area contributed by atoms with Gasteiger partial charge in [0.1, 0.15) is 0 Å². The highest BCUT2D eigenvalue weighted by atomic mass is 35.5. The third-order valence-corrected chi connectivity index (χ3v) is 2.25. The Morgan fingerprint density at radius 3 is 2.70 bits per heavy atom. The van der Waals surface area contributed by atoms with E-state index in [9.17, 15) is 4.79 Å². The second-order valence-electron chi connectivity index (χ2n) is 2.46. The second kappa shape index (κ2) is 1.97. The first-order valence-corrected chi connectivity index (χ1v) is 3.57. The zero-order valence-electron chi connectivity index (χ0n) is 5.38. The molecule has 0 spiro atoms. The van der Waals surface area contributed by atoms with Crippen molar-refractivity contribution >= 4 is 17.7 Å². The molecule has 1 atom stereocenters. The molecule has 4 heteroatoms. The van der Waals surface area contributed by atoms with Crippen LogP contribution in [-0.4, -0.2) is 28.5 Å². The zero-order valence-corrected chi connectivity index (χ0v) is 6.14. The fraction of sp³-hybridized carbons (Fsp3) is 0.500. The van der Waals surface area contributed by atoms with Crippen molar-refractivity contribution in [1.29, 1.82) is 0 Å². The third kappa shape index (κ3) is 0.676. The molecule has 1 fully saturated rings. The molecule has 1 unspecified atom stereocenters. The van der Waals surface area contributed by atoms with Crippen LogP contribution in [-0.2, 0) is 4.79 Å². The van der Waals surface area contributed by atoms with E-state index in [0.717, 1.165) is 25.1 Å². The van der Waals surface area contributed by atoms with Gasteiger partial charge < -0.3 is 0 Å². The Balaban J connectivity index is 2.36. The minimum absolute atomic E-state index is 0.0563. The van der Waals surface area contributed by atoms with Crippen molar-refractivity contribution in [3.8, 4) is 0 Å². The number of fused-ring (bicyclic) bond motifs is 3. The maximum absolute atomic E-state index is 11.1. The molecule has 3 aliphatic heterocycles. The van der Waals surface area contributed by atoms with Crippen LogP contribution >= 0.6 is 11.8 Å². The van der Waals surface area contributed by atoms with Crippen molar-refractivity contribution in [3.63, 3.8) is 0 Å². The average molecular weight is 159 g/mol. The van der Waals surface area contributed by atoms with E-state index in [1.165, 1.54) is 4.53 Å². The first-order chi connectivity index (χ1) is 4.79. The van der Waals surface area contributed by atoms with Crippen LogP contribution in [0.25, 0.3) is 0 Å². The zero-order chi connectivity index (χ0) is 7.14. The highest BCUT2D eigenvalue weighted by molar-refractivity contribution is 6.24. The molecule has 0 radical (unpaired) electrons. The lowest BCUT2D eigenvalue weighted by Crippen LogP contribution is -2.49. The Morgan fingerprint density at radius 2 is 2.40 bits per heavy atom. The second-order valence-corrected chi connectivity index (χ2v) is 2.78. The van der Waals surface area contributed by atoms with E-state index < -0.39 is 0 Å². The predicted molar refractivity (Wildman–Crippen MR) is 37.0 cm³/mol. The monoisotopic (exact) mass is 158 g/mol. The first kappa shape index (κ1) is 6.19. The quantitative estimate of drug-likeness (QED) is 0.480. The molecule has 1 saturated heterocycles. The van der Waals surface area contributed by atoms with Crippen molar-refractivity contribution in [3.05, 3.63) is 11.6 Å². The van der Waals surface area contributed by atoms with Crippen LogP contribution < -0.4 is 0 Å². The SMILES string of the molecule is O=C1C2=CCN(CC2)N1Cl. The van der Waals surface area contributed by atoms with Crippen LogP contribution in [0.5, 0.6) is 0 Å². The van der Waals surface area contributed by atoms with Crippen LogP contribution in [0.3, 0.4) is 0 Å². The molecule has 0 aromatic rings. The fourth-order valence-electron chi connectivity index (χ4n) is 1.26. The van der Waals surface area contributed by atoms with E-state index in [0.29, 0.717) is 0 Å². The van der Waals surface area contributed by atoms with E-state index in [1.807, 2.05) is 11.1 Å². The Hall–Kier alpha value is -0.540. The summed E-state index contributed by atoms with van der Waals surface area (Å²) in [5.41, 5.74) is 0.859. The van der Waals surface area contributed by atoms with Gasteiger partial charge in [0.15, 0.2) is 0 Å². The summed E-state index contributed by atoms with van der Waals surface area (Å²) in [6.07, 6.45) is 2.78. The summed E-state index contributed by atoms with van der Waals surface area (Å²) >= 11 is 5.63. The highest BCUT2D eigenvalue weighted by Gasteiger charge is 2.31. The number of carbonyl (C=O) groups excluding carboxylic acids is 1. The molecule has 1 amide bonds. The average Bonchev–Trinajstić information content (AvgIpc) is 2.00. The smallest absolute Gasteiger partial charge is 0.267 e. The number of rotatable bonds is 0. The van der Waals surface area contributed by atoms with E-state index in [2.05, 4.69) is 0 Å². The van der Waals surface area contributed by atoms with Crippen LogP contribution in [0.2, 0.25) is 0 Å². The molecule has 3 nitrogen and oxygen atoms in total. The number of hydrogen-bond acceptors (Lipinski definition) is 2. The van der Waals surface area contributed by atoms with E-state index in [-0.39, 0.29) is 5.91 Å². The molecule has 0 aromatic heterocycles. The van der Waals surface area contributed by atoms with Gasteiger partial charge in [0, 0.05) is 30.4 Å². The molecule has 3 rings (SSSR count). The highest BCUT2D eigenvalue weighted by Crippen LogP contribution is 2.24. The van der Waals surface area contributed by atoms with Crippen LogP contribution in [0.15, 0.2) is 11.6 Å². The predicted octanol–water partition coefficient (Wildman–Crippen LogP) is 0.530. The van der Waals surface area contributed by atoms with Crippen molar-refractivity contribution < 1.29 is 4.79 Å². The van der Waals surface area contributed by atoms with Crippen LogP contribution in [0.1, 0.15) is 6.42 Å². The molecule has 0 aromatic carbocycles. The van der Waals surface area contributed by atoms with Gasteiger partial charge in [0.2, 0.25) is 0 Å². The summed E-state index contributed by atoms with van der Waals surface area (Å²) in [6.45, 7) is 1.66. The van der Waals surface area contributed by atoms with Crippen molar-refractivity contribution in [2.45, 2.75) is 6.42 Å². The summed E-state index contributed by atoms with van der Waals surface area (Å²) in [6, 6.07) is 0. The molecule has 2 bridgehead atoms. The van der Waals surface area contributed by atoms with Gasteiger partial charge in [0.25, 0.3) is 5.91 Å². The van der Waals surface area contributed by atoms with E-state index in [1.54, 1.807) is 0 Å². The molecule has 3 aliphatic rings. The van der Waals surface area contributed by atoms with Gasteiger partial charge in [-0.15, -0.1) is 0 Å². The number of hydrazine groups is 1. The lowest BCUT2D eigenvalue weighted by molar-refractivity contribution is -0.137. The van der Waals surface area contributed by atoms with Gasteiger partial charge in [-0.1, -0.05) is 6.08 Å².